The largest absolute Gasteiger partial charge is 1.00 e. The van der Waals surface area contributed by atoms with Crippen molar-refractivity contribution in [1.82, 2.24) is 0 Å². The number of rotatable bonds is 3. The van der Waals surface area contributed by atoms with Gasteiger partial charge in [0.25, 0.3) is 0 Å². The van der Waals surface area contributed by atoms with Gasteiger partial charge in [-0.15, -0.1) is 11.1 Å². The van der Waals surface area contributed by atoms with Gasteiger partial charge in [-0.3, -0.25) is 6.08 Å². The summed E-state index contributed by atoms with van der Waals surface area (Å²) in [7, 11) is 0. The van der Waals surface area contributed by atoms with E-state index in [1.807, 2.05) is 0 Å². The van der Waals surface area contributed by atoms with Crippen LogP contribution in [0.15, 0.2) is 77.9 Å². The van der Waals surface area contributed by atoms with Gasteiger partial charge in [0.2, 0.25) is 0 Å². The van der Waals surface area contributed by atoms with Crippen LogP contribution in [0.1, 0.15) is 110 Å². The van der Waals surface area contributed by atoms with Gasteiger partial charge in [-0.2, -0.15) is 35.4 Å². The minimum Gasteiger partial charge on any atom is -1.00 e. The molecule has 0 aromatic heterocycles. The quantitative estimate of drug-likeness (QED) is 0.271. The zero-order valence-corrected chi connectivity index (χ0v) is 32.1. The molecule has 230 valence electrons. The molecule has 3 aromatic carbocycles. The Morgan fingerprint density at radius 3 is 1.95 bits per heavy atom. The number of hydrogen-bond donors (Lipinski definition) is 0. The molecule has 0 nitrogen and oxygen atoms in total. The topological polar surface area (TPSA) is 0 Å². The first-order valence-electron chi connectivity index (χ1n) is 15.3. The van der Waals surface area contributed by atoms with Crippen molar-refractivity contribution in [1.29, 1.82) is 0 Å². The van der Waals surface area contributed by atoms with Gasteiger partial charge < -0.3 is 24.8 Å². The Morgan fingerprint density at radius 2 is 1.49 bits per heavy atom. The normalized spacial score (nSPS) is 14.9. The minimum absolute atomic E-state index is 0. The van der Waals surface area contributed by atoms with Crippen molar-refractivity contribution < 1.29 is 49.0 Å². The van der Waals surface area contributed by atoms with Crippen molar-refractivity contribution in [3.05, 3.63) is 118 Å². The van der Waals surface area contributed by atoms with Crippen LogP contribution in [0.5, 0.6) is 0 Å². The maximum absolute atomic E-state index is 3.67. The molecule has 0 saturated carbocycles. The van der Waals surface area contributed by atoms with Crippen molar-refractivity contribution in [3.8, 4) is 11.1 Å². The first-order valence-corrected chi connectivity index (χ1v) is 16.5. The molecule has 0 radical (unpaired) electrons. The van der Waals surface area contributed by atoms with Gasteiger partial charge in [0.05, 0.1) is 0 Å². The van der Waals surface area contributed by atoms with E-state index in [9.17, 15) is 0 Å². The van der Waals surface area contributed by atoms with Gasteiger partial charge in [-0.05, 0) is 28.4 Å². The third-order valence-electron chi connectivity index (χ3n) is 7.87. The van der Waals surface area contributed by atoms with E-state index in [0.29, 0.717) is 11.8 Å². The summed E-state index contributed by atoms with van der Waals surface area (Å²) in [5, 5.41) is 0. The molecule has 0 heterocycles. The summed E-state index contributed by atoms with van der Waals surface area (Å²) in [5.74, 6) is 1.20. The molecule has 0 bridgehead atoms. The van der Waals surface area contributed by atoms with E-state index in [4.69, 9.17) is 0 Å². The fraction of sp³-hybridized carbons (Fsp3) is 0.425. The summed E-state index contributed by atoms with van der Waals surface area (Å²) in [4.78, 5) is 0. The van der Waals surface area contributed by atoms with Crippen molar-refractivity contribution in [2.45, 2.75) is 99.8 Å². The van der Waals surface area contributed by atoms with Crippen molar-refractivity contribution in [2.24, 2.45) is 11.8 Å². The molecular formula is C40H50Cl2Zr-2. The molecule has 43 heavy (non-hydrogen) atoms. The maximum Gasteiger partial charge on any atom is -1.00 e. The molecule has 0 spiro atoms. The van der Waals surface area contributed by atoms with E-state index in [-0.39, 0.29) is 35.6 Å². The van der Waals surface area contributed by atoms with E-state index < -0.39 is 0 Å². The molecule has 0 fully saturated rings. The molecule has 0 amide bonds. The van der Waals surface area contributed by atoms with Crippen molar-refractivity contribution >= 4 is 3.21 Å². The number of hydrogen-bond acceptors (Lipinski definition) is 0. The van der Waals surface area contributed by atoms with Crippen LogP contribution in [-0.2, 0) is 41.5 Å². The molecule has 0 N–H and O–H groups in total. The van der Waals surface area contributed by atoms with E-state index in [2.05, 4.69) is 155 Å². The summed E-state index contributed by atoms with van der Waals surface area (Å²) < 4.78 is 1.55. The monoisotopic (exact) mass is 690 g/mol. The Hall–Kier alpha value is -1.53. The van der Waals surface area contributed by atoms with Gasteiger partial charge in [0, 0.05) is 0 Å². The van der Waals surface area contributed by atoms with Crippen LogP contribution < -0.4 is 24.8 Å². The Morgan fingerprint density at radius 1 is 0.884 bits per heavy atom. The fourth-order valence-electron chi connectivity index (χ4n) is 5.36. The molecule has 3 aromatic rings. The Balaban J connectivity index is 0.000000355. The summed E-state index contributed by atoms with van der Waals surface area (Å²) in [6, 6.07) is 25.8. The average molecular weight is 693 g/mol. The van der Waals surface area contributed by atoms with E-state index in [1.54, 1.807) is 3.21 Å². The summed E-state index contributed by atoms with van der Waals surface area (Å²) in [6.07, 6.45) is 7.89. The van der Waals surface area contributed by atoms with Crippen molar-refractivity contribution in [2.75, 3.05) is 0 Å². The van der Waals surface area contributed by atoms with E-state index in [1.165, 1.54) is 80.7 Å². The summed E-state index contributed by atoms with van der Waals surface area (Å²) in [5.41, 5.74) is 12.9. The zero-order valence-electron chi connectivity index (χ0n) is 28.2. The Labute approximate surface area is 291 Å². The van der Waals surface area contributed by atoms with Gasteiger partial charge >= 0.3 is 76.7 Å². The van der Waals surface area contributed by atoms with Gasteiger partial charge in [0.15, 0.2) is 0 Å². The summed E-state index contributed by atoms with van der Waals surface area (Å²) in [6.45, 7) is 24.6. The predicted octanol–water partition coefficient (Wildman–Crippen LogP) is 4.79. The van der Waals surface area contributed by atoms with Crippen LogP contribution in [-0.4, -0.2) is 3.21 Å². The molecular weight excluding hydrogens is 643 g/mol. The SMILES string of the molecule is CC(C)(C)c1[c-]c2c(cc1)-c1ccc(C(C)(C)C)cc1C2.CC1=[C-]C(C)C=C1C(C)C.CC[C](=[Zr+2])c1ccccc1.[Cl-].[Cl-]. The van der Waals surface area contributed by atoms with Gasteiger partial charge in [-0.25, -0.2) is 5.57 Å². The number of benzene rings is 3. The Kier molecular flexibility index (Phi) is 15.3. The van der Waals surface area contributed by atoms with Crippen LogP contribution in [0.2, 0.25) is 0 Å². The molecule has 5 rings (SSSR count). The number of fused-ring (bicyclic) bond motifs is 3. The van der Waals surface area contributed by atoms with Crippen molar-refractivity contribution in [3.63, 3.8) is 0 Å². The molecule has 0 saturated heterocycles. The molecule has 1 atom stereocenters. The number of allylic oxidation sites excluding steroid dienone is 4. The standard InChI is InChI=1S/C21H25.C10H15.C9H10.2ClH.Zr/c1-20(2,3)16-7-9-18-14(12-16)11-15-13-17(21(4,5)6)8-10-19(15)18;1-7(2)10-6-8(3)5-9(10)4;1-2-6-9-7-4-3-5-8-9;;;/h7-10,12H,11H2,1-6H3;6-8H,1-4H3;3-5,7-8H,2H2,1H3;2*1H;/q2*-1;;;;+2/p-2. The van der Waals surface area contributed by atoms with Crippen LogP contribution in [0.25, 0.3) is 11.1 Å². The third-order valence-corrected chi connectivity index (χ3v) is 9.45. The van der Waals surface area contributed by atoms with Crippen LogP contribution >= 0.6 is 0 Å². The molecule has 1 unspecified atom stereocenters. The molecule has 0 aliphatic heterocycles. The van der Waals surface area contributed by atoms with Crippen LogP contribution in [0.3, 0.4) is 0 Å². The second-order valence-electron chi connectivity index (χ2n) is 13.8. The number of halogens is 2. The molecule has 2 aliphatic carbocycles. The Bertz CT molecular complexity index is 1350. The molecule has 2 aliphatic rings. The smallest absolute Gasteiger partial charge is 1.00 e. The van der Waals surface area contributed by atoms with Crippen LogP contribution in [0.4, 0.5) is 0 Å². The first kappa shape index (κ1) is 39.5. The van der Waals surface area contributed by atoms with E-state index in [0.717, 1.165) is 6.42 Å². The maximum atomic E-state index is 3.67. The van der Waals surface area contributed by atoms with Gasteiger partial charge in [-0.1, -0.05) is 105 Å². The second-order valence-corrected chi connectivity index (χ2v) is 15.3. The first-order chi connectivity index (χ1) is 19.1. The fourth-order valence-corrected chi connectivity index (χ4v) is 5.77. The molecule has 3 heteroatoms. The third kappa shape index (κ3) is 10.8. The predicted molar refractivity (Wildman–Crippen MR) is 176 cm³/mol. The van der Waals surface area contributed by atoms with Crippen LogP contribution in [0, 0.1) is 24.0 Å². The average Bonchev–Trinajstić information content (AvgIpc) is 3.46. The zero-order chi connectivity index (χ0) is 30.5. The van der Waals surface area contributed by atoms with Gasteiger partial charge in [0.1, 0.15) is 0 Å². The minimum atomic E-state index is 0. The summed E-state index contributed by atoms with van der Waals surface area (Å²) >= 11 is 1.54. The van der Waals surface area contributed by atoms with E-state index >= 15 is 0 Å². The second kappa shape index (κ2) is 16.7.